The molecule has 2 amide bonds. The maximum absolute atomic E-state index is 13.0. The molecule has 0 spiro atoms. The van der Waals surface area contributed by atoms with E-state index in [1.807, 2.05) is 0 Å². The minimum absolute atomic E-state index is 0.0300. The lowest BCUT2D eigenvalue weighted by molar-refractivity contribution is -0.130. The van der Waals surface area contributed by atoms with Gasteiger partial charge in [0.05, 0.1) is 17.0 Å². The highest BCUT2D eigenvalue weighted by Crippen LogP contribution is 2.39. The lowest BCUT2D eigenvalue weighted by Crippen LogP contribution is -2.49. The SMILES string of the molecule is CC(=O)N1CCN(S(=O)(=O)c2cc3c4c(c2)CC(=O)N4CCC3)CC1. The van der Waals surface area contributed by atoms with Gasteiger partial charge in [0.25, 0.3) is 0 Å². The van der Waals surface area contributed by atoms with E-state index in [9.17, 15) is 18.0 Å². The summed E-state index contributed by atoms with van der Waals surface area (Å²) in [7, 11) is -3.61. The molecule has 0 aromatic heterocycles. The summed E-state index contributed by atoms with van der Waals surface area (Å²) in [6.07, 6.45) is 1.94. The van der Waals surface area contributed by atoms with E-state index in [-0.39, 0.29) is 23.1 Å². The highest BCUT2D eigenvalue weighted by Gasteiger charge is 2.35. The van der Waals surface area contributed by atoms with Crippen molar-refractivity contribution in [2.75, 3.05) is 37.6 Å². The Morgan fingerprint density at radius 3 is 2.40 bits per heavy atom. The van der Waals surface area contributed by atoms with Crippen molar-refractivity contribution in [3.63, 3.8) is 0 Å². The van der Waals surface area contributed by atoms with Gasteiger partial charge in [-0.05, 0) is 36.1 Å². The molecule has 1 aromatic rings. The van der Waals surface area contributed by atoms with E-state index in [0.717, 1.165) is 36.2 Å². The fraction of sp³-hybridized carbons (Fsp3) is 0.529. The molecule has 1 aromatic carbocycles. The summed E-state index contributed by atoms with van der Waals surface area (Å²) in [5.74, 6) is 0.0261. The third-order valence-corrected chi connectivity index (χ3v) is 7.18. The number of amides is 2. The molecule has 4 rings (SSSR count). The van der Waals surface area contributed by atoms with E-state index in [0.29, 0.717) is 26.2 Å². The second-order valence-corrected chi connectivity index (χ2v) is 8.76. The molecule has 134 valence electrons. The molecule has 0 aliphatic carbocycles. The van der Waals surface area contributed by atoms with Crippen LogP contribution < -0.4 is 4.90 Å². The molecular weight excluding hydrogens is 342 g/mol. The van der Waals surface area contributed by atoms with E-state index < -0.39 is 10.0 Å². The van der Waals surface area contributed by atoms with Gasteiger partial charge in [-0.15, -0.1) is 0 Å². The third-order valence-electron chi connectivity index (χ3n) is 5.30. The number of piperazine rings is 1. The number of nitrogens with zero attached hydrogens (tertiary/aromatic N) is 3. The van der Waals surface area contributed by atoms with Crippen LogP contribution in [0.25, 0.3) is 0 Å². The van der Waals surface area contributed by atoms with Crippen LogP contribution in [0.15, 0.2) is 17.0 Å². The molecule has 7 nitrogen and oxygen atoms in total. The zero-order valence-corrected chi connectivity index (χ0v) is 15.0. The number of carbonyl (C=O) groups excluding carboxylic acids is 2. The van der Waals surface area contributed by atoms with Crippen LogP contribution in [0.1, 0.15) is 24.5 Å². The van der Waals surface area contributed by atoms with Gasteiger partial charge in [-0.3, -0.25) is 9.59 Å². The molecule has 0 N–H and O–H groups in total. The summed E-state index contributed by atoms with van der Waals surface area (Å²) in [5, 5.41) is 0. The summed E-state index contributed by atoms with van der Waals surface area (Å²) < 4.78 is 27.5. The zero-order valence-electron chi connectivity index (χ0n) is 14.2. The van der Waals surface area contributed by atoms with Crippen molar-refractivity contribution in [3.05, 3.63) is 23.3 Å². The van der Waals surface area contributed by atoms with Gasteiger partial charge < -0.3 is 9.80 Å². The van der Waals surface area contributed by atoms with Gasteiger partial charge in [-0.1, -0.05) is 0 Å². The number of benzene rings is 1. The second kappa shape index (κ2) is 5.81. The van der Waals surface area contributed by atoms with Crippen LogP contribution in [0, 0.1) is 0 Å². The average Bonchev–Trinajstić information content (AvgIpc) is 2.92. The molecule has 25 heavy (non-hydrogen) atoms. The maximum Gasteiger partial charge on any atom is 0.243 e. The Labute approximate surface area is 147 Å². The Bertz CT molecular complexity index is 857. The van der Waals surface area contributed by atoms with Crippen LogP contribution in [-0.4, -0.2) is 62.2 Å². The predicted molar refractivity (Wildman–Crippen MR) is 91.8 cm³/mol. The van der Waals surface area contributed by atoms with Crippen LogP contribution in [-0.2, 0) is 32.5 Å². The number of anilines is 1. The largest absolute Gasteiger partial charge is 0.340 e. The number of hydrogen-bond acceptors (Lipinski definition) is 4. The first-order chi connectivity index (χ1) is 11.9. The van der Waals surface area contributed by atoms with E-state index in [2.05, 4.69) is 0 Å². The lowest BCUT2D eigenvalue weighted by atomic mass is 10.0. The minimum atomic E-state index is -3.61. The maximum atomic E-state index is 13.0. The number of aryl methyl sites for hydroxylation is 1. The highest BCUT2D eigenvalue weighted by atomic mass is 32.2. The molecule has 1 saturated heterocycles. The molecule has 3 aliphatic rings. The Morgan fingerprint density at radius 2 is 1.72 bits per heavy atom. The fourth-order valence-electron chi connectivity index (χ4n) is 3.99. The molecular formula is C17H21N3O4S. The van der Waals surface area contributed by atoms with Crippen molar-refractivity contribution in [3.8, 4) is 0 Å². The van der Waals surface area contributed by atoms with Crippen molar-refractivity contribution in [2.24, 2.45) is 0 Å². The van der Waals surface area contributed by atoms with Gasteiger partial charge in [-0.2, -0.15) is 4.31 Å². The zero-order chi connectivity index (χ0) is 17.8. The van der Waals surface area contributed by atoms with Crippen molar-refractivity contribution >= 4 is 27.5 Å². The smallest absolute Gasteiger partial charge is 0.243 e. The predicted octanol–water partition coefficient (Wildman–Crippen LogP) is 0.375. The summed E-state index contributed by atoms with van der Waals surface area (Å²) >= 11 is 0. The topological polar surface area (TPSA) is 78.0 Å². The van der Waals surface area contributed by atoms with Crippen molar-refractivity contribution in [2.45, 2.75) is 31.1 Å². The van der Waals surface area contributed by atoms with Gasteiger partial charge in [0.15, 0.2) is 0 Å². The number of hydrogen-bond donors (Lipinski definition) is 0. The normalized spacial score (nSPS) is 20.8. The van der Waals surface area contributed by atoms with Gasteiger partial charge in [0, 0.05) is 39.6 Å². The first-order valence-corrected chi connectivity index (χ1v) is 10.0. The van der Waals surface area contributed by atoms with E-state index in [4.69, 9.17) is 0 Å². The van der Waals surface area contributed by atoms with Crippen molar-refractivity contribution in [1.82, 2.24) is 9.21 Å². The Balaban J connectivity index is 1.65. The van der Waals surface area contributed by atoms with Crippen LogP contribution in [0.2, 0.25) is 0 Å². The molecule has 3 heterocycles. The van der Waals surface area contributed by atoms with Crippen LogP contribution in [0.3, 0.4) is 0 Å². The molecule has 0 unspecified atom stereocenters. The van der Waals surface area contributed by atoms with Gasteiger partial charge >= 0.3 is 0 Å². The standard InChI is InChI=1S/C17H21N3O4S/c1-12(21)18-5-7-19(8-6-18)25(23,24)15-9-13-3-2-4-20-16(22)11-14(10-15)17(13)20/h9-10H,2-8,11H2,1H3. The molecule has 8 heteroatoms. The summed E-state index contributed by atoms with van der Waals surface area (Å²) in [5.41, 5.74) is 2.70. The Hall–Kier alpha value is -1.93. The number of carbonyl (C=O) groups is 2. The first kappa shape index (κ1) is 16.5. The highest BCUT2D eigenvalue weighted by molar-refractivity contribution is 7.89. The molecule has 0 saturated carbocycles. The Morgan fingerprint density at radius 1 is 1.04 bits per heavy atom. The molecule has 3 aliphatic heterocycles. The van der Waals surface area contributed by atoms with Crippen LogP contribution in [0.4, 0.5) is 5.69 Å². The summed E-state index contributed by atoms with van der Waals surface area (Å²) in [6.45, 7) is 3.66. The van der Waals surface area contributed by atoms with Gasteiger partial charge in [0.2, 0.25) is 21.8 Å². The average molecular weight is 363 g/mol. The molecule has 0 atom stereocenters. The van der Waals surface area contributed by atoms with E-state index in [1.54, 1.807) is 21.9 Å². The van der Waals surface area contributed by atoms with E-state index in [1.165, 1.54) is 11.2 Å². The molecule has 1 fully saturated rings. The first-order valence-electron chi connectivity index (χ1n) is 8.60. The molecule has 0 radical (unpaired) electrons. The third kappa shape index (κ3) is 2.64. The molecule has 0 bridgehead atoms. The van der Waals surface area contributed by atoms with Crippen molar-refractivity contribution < 1.29 is 18.0 Å². The fourth-order valence-corrected chi connectivity index (χ4v) is 5.51. The van der Waals surface area contributed by atoms with Crippen molar-refractivity contribution in [1.29, 1.82) is 0 Å². The lowest BCUT2D eigenvalue weighted by Gasteiger charge is -2.33. The Kier molecular flexibility index (Phi) is 3.84. The second-order valence-electron chi connectivity index (χ2n) is 6.83. The van der Waals surface area contributed by atoms with E-state index >= 15 is 0 Å². The quantitative estimate of drug-likeness (QED) is 0.761. The van der Waals surface area contributed by atoms with Gasteiger partial charge in [-0.25, -0.2) is 8.42 Å². The number of rotatable bonds is 2. The minimum Gasteiger partial charge on any atom is -0.340 e. The number of sulfonamides is 1. The van der Waals surface area contributed by atoms with Crippen LogP contribution in [0.5, 0.6) is 0 Å². The summed E-state index contributed by atoms with van der Waals surface area (Å²) in [4.78, 5) is 27.3. The monoisotopic (exact) mass is 363 g/mol. The summed E-state index contributed by atoms with van der Waals surface area (Å²) in [6, 6.07) is 3.39. The van der Waals surface area contributed by atoms with Gasteiger partial charge in [0.1, 0.15) is 0 Å². The van der Waals surface area contributed by atoms with Crippen LogP contribution >= 0.6 is 0 Å².